The summed E-state index contributed by atoms with van der Waals surface area (Å²) in [6, 6.07) is 9.32. The number of nitrogens with one attached hydrogen (secondary N) is 1. The van der Waals surface area contributed by atoms with E-state index in [0.717, 1.165) is 5.92 Å². The molecule has 2 heteroatoms. The molecule has 1 aliphatic rings. The Morgan fingerprint density at radius 2 is 2.00 bits per heavy atom. The molecule has 1 aromatic carbocycles. The molecule has 1 atom stereocenters. The molecular weight excluding hydrogens is 202 g/mol. The molecule has 15 heavy (non-hydrogen) atoms. The van der Waals surface area contributed by atoms with E-state index in [2.05, 4.69) is 42.8 Å². The molecule has 0 bridgehead atoms. The van der Waals surface area contributed by atoms with E-state index in [4.69, 9.17) is 0 Å². The van der Waals surface area contributed by atoms with Crippen LogP contribution in [0.4, 0.5) is 5.69 Å². The zero-order valence-corrected chi connectivity index (χ0v) is 10.3. The zero-order chi connectivity index (χ0) is 10.7. The summed E-state index contributed by atoms with van der Waals surface area (Å²) in [4.78, 5) is 1.33. The minimum Gasteiger partial charge on any atom is -0.383 e. The van der Waals surface area contributed by atoms with Crippen LogP contribution in [-0.4, -0.2) is 12.3 Å². The minimum atomic E-state index is 0.609. The third-order valence-electron chi connectivity index (χ3n) is 2.89. The van der Waals surface area contributed by atoms with Crippen LogP contribution in [0.3, 0.4) is 0 Å². The van der Waals surface area contributed by atoms with Gasteiger partial charge in [0.15, 0.2) is 0 Å². The van der Waals surface area contributed by atoms with Crippen molar-refractivity contribution in [3.05, 3.63) is 24.3 Å². The van der Waals surface area contributed by atoms with Crippen LogP contribution in [0.2, 0.25) is 0 Å². The lowest BCUT2D eigenvalue weighted by Gasteiger charge is -2.14. The van der Waals surface area contributed by atoms with Crippen LogP contribution in [0.25, 0.3) is 0 Å². The van der Waals surface area contributed by atoms with Gasteiger partial charge >= 0.3 is 0 Å². The molecule has 1 fully saturated rings. The SMILES string of the molecule is CSc1ccc(NC(C)CC2CC2)cc1. The fraction of sp³-hybridized carbons (Fsp3) is 0.538. The topological polar surface area (TPSA) is 12.0 Å². The Bertz CT molecular complexity index is 303. The van der Waals surface area contributed by atoms with E-state index in [9.17, 15) is 0 Å². The molecule has 1 unspecified atom stereocenters. The Balaban J connectivity index is 1.85. The van der Waals surface area contributed by atoms with E-state index in [1.807, 2.05) is 0 Å². The van der Waals surface area contributed by atoms with Gasteiger partial charge in [-0.15, -0.1) is 11.8 Å². The number of thioether (sulfide) groups is 1. The molecule has 0 amide bonds. The van der Waals surface area contributed by atoms with Crippen LogP contribution in [0.1, 0.15) is 26.2 Å². The van der Waals surface area contributed by atoms with E-state index >= 15 is 0 Å². The summed E-state index contributed by atoms with van der Waals surface area (Å²) < 4.78 is 0. The summed E-state index contributed by atoms with van der Waals surface area (Å²) >= 11 is 1.79. The van der Waals surface area contributed by atoms with Gasteiger partial charge in [0.25, 0.3) is 0 Å². The van der Waals surface area contributed by atoms with Gasteiger partial charge < -0.3 is 5.32 Å². The molecule has 0 saturated heterocycles. The van der Waals surface area contributed by atoms with Crippen LogP contribution < -0.4 is 5.32 Å². The Labute approximate surface area is 96.7 Å². The maximum Gasteiger partial charge on any atom is 0.0342 e. The van der Waals surface area contributed by atoms with Crippen molar-refractivity contribution in [2.45, 2.75) is 37.1 Å². The summed E-state index contributed by atoms with van der Waals surface area (Å²) in [5.74, 6) is 0.998. The number of anilines is 1. The Kier molecular flexibility index (Phi) is 3.57. The first-order valence-electron chi connectivity index (χ1n) is 5.68. The summed E-state index contributed by atoms with van der Waals surface area (Å²) in [6.07, 6.45) is 6.32. The highest BCUT2D eigenvalue weighted by atomic mass is 32.2. The highest BCUT2D eigenvalue weighted by Gasteiger charge is 2.23. The molecule has 1 nitrogen and oxygen atoms in total. The van der Waals surface area contributed by atoms with Crippen LogP contribution in [0.15, 0.2) is 29.2 Å². The van der Waals surface area contributed by atoms with Crippen molar-refractivity contribution in [1.29, 1.82) is 0 Å². The standard InChI is InChI=1S/C13H19NS/c1-10(9-11-3-4-11)14-12-5-7-13(15-2)8-6-12/h5-8,10-11,14H,3-4,9H2,1-2H3. The average Bonchev–Trinajstić information content (AvgIpc) is 3.03. The summed E-state index contributed by atoms with van der Waals surface area (Å²) in [5.41, 5.74) is 1.25. The van der Waals surface area contributed by atoms with Crippen molar-refractivity contribution in [2.24, 2.45) is 5.92 Å². The lowest BCUT2D eigenvalue weighted by Crippen LogP contribution is -2.15. The van der Waals surface area contributed by atoms with Crippen molar-refractivity contribution in [2.75, 3.05) is 11.6 Å². The van der Waals surface area contributed by atoms with Crippen molar-refractivity contribution in [3.63, 3.8) is 0 Å². The molecule has 0 heterocycles. The van der Waals surface area contributed by atoms with E-state index in [-0.39, 0.29) is 0 Å². The van der Waals surface area contributed by atoms with Gasteiger partial charge in [0, 0.05) is 16.6 Å². The number of hydrogen-bond donors (Lipinski definition) is 1. The van der Waals surface area contributed by atoms with Gasteiger partial charge in [-0.25, -0.2) is 0 Å². The summed E-state index contributed by atoms with van der Waals surface area (Å²) in [6.45, 7) is 2.28. The number of hydrogen-bond acceptors (Lipinski definition) is 2. The molecule has 2 rings (SSSR count). The highest BCUT2D eigenvalue weighted by molar-refractivity contribution is 7.98. The number of benzene rings is 1. The molecule has 1 saturated carbocycles. The third kappa shape index (κ3) is 3.45. The molecule has 1 aliphatic carbocycles. The van der Waals surface area contributed by atoms with Crippen LogP contribution in [-0.2, 0) is 0 Å². The number of rotatable bonds is 5. The first-order valence-corrected chi connectivity index (χ1v) is 6.91. The fourth-order valence-electron chi connectivity index (χ4n) is 1.88. The minimum absolute atomic E-state index is 0.609. The predicted octanol–water partition coefficient (Wildman–Crippen LogP) is 4.01. The maximum absolute atomic E-state index is 3.56. The monoisotopic (exact) mass is 221 g/mol. The van der Waals surface area contributed by atoms with Crippen LogP contribution in [0.5, 0.6) is 0 Å². The Hall–Kier alpha value is -0.630. The van der Waals surface area contributed by atoms with Crippen LogP contribution >= 0.6 is 11.8 Å². The first-order chi connectivity index (χ1) is 7.28. The molecule has 1 N–H and O–H groups in total. The highest BCUT2D eigenvalue weighted by Crippen LogP contribution is 2.34. The van der Waals surface area contributed by atoms with E-state index in [1.165, 1.54) is 29.8 Å². The predicted molar refractivity (Wildman–Crippen MR) is 68.6 cm³/mol. The van der Waals surface area contributed by atoms with Gasteiger partial charge in [-0.3, -0.25) is 0 Å². The van der Waals surface area contributed by atoms with Gasteiger partial charge in [0.2, 0.25) is 0 Å². The molecular formula is C13H19NS. The third-order valence-corrected chi connectivity index (χ3v) is 3.63. The van der Waals surface area contributed by atoms with Gasteiger partial charge in [0.05, 0.1) is 0 Å². The molecule has 0 aromatic heterocycles. The lowest BCUT2D eigenvalue weighted by molar-refractivity contribution is 0.642. The summed E-state index contributed by atoms with van der Waals surface area (Å²) in [7, 11) is 0. The van der Waals surface area contributed by atoms with Gasteiger partial charge in [-0.05, 0) is 49.8 Å². The normalized spacial score (nSPS) is 17.5. The smallest absolute Gasteiger partial charge is 0.0342 e. The van der Waals surface area contributed by atoms with E-state index < -0.39 is 0 Å². The van der Waals surface area contributed by atoms with Crippen LogP contribution in [0, 0.1) is 5.92 Å². The zero-order valence-electron chi connectivity index (χ0n) is 9.49. The first kappa shape index (κ1) is 10.9. The van der Waals surface area contributed by atoms with Crippen molar-refractivity contribution in [1.82, 2.24) is 0 Å². The Morgan fingerprint density at radius 3 is 2.53 bits per heavy atom. The average molecular weight is 221 g/mol. The van der Waals surface area contributed by atoms with Gasteiger partial charge in [0.1, 0.15) is 0 Å². The molecule has 0 aliphatic heterocycles. The van der Waals surface area contributed by atoms with Crippen molar-refractivity contribution < 1.29 is 0 Å². The van der Waals surface area contributed by atoms with E-state index in [1.54, 1.807) is 11.8 Å². The van der Waals surface area contributed by atoms with Gasteiger partial charge in [-0.2, -0.15) is 0 Å². The van der Waals surface area contributed by atoms with Gasteiger partial charge in [-0.1, -0.05) is 12.8 Å². The quantitative estimate of drug-likeness (QED) is 0.754. The fourth-order valence-corrected chi connectivity index (χ4v) is 2.29. The Morgan fingerprint density at radius 1 is 1.33 bits per heavy atom. The maximum atomic E-state index is 3.56. The molecule has 82 valence electrons. The molecule has 1 aromatic rings. The second kappa shape index (κ2) is 4.93. The largest absolute Gasteiger partial charge is 0.383 e. The van der Waals surface area contributed by atoms with Crippen molar-refractivity contribution >= 4 is 17.4 Å². The molecule has 0 radical (unpaired) electrons. The second-order valence-electron chi connectivity index (χ2n) is 4.45. The second-order valence-corrected chi connectivity index (χ2v) is 5.33. The lowest BCUT2D eigenvalue weighted by atomic mass is 10.1. The van der Waals surface area contributed by atoms with Crippen molar-refractivity contribution in [3.8, 4) is 0 Å². The summed E-state index contributed by atoms with van der Waals surface area (Å²) in [5, 5.41) is 3.56. The van der Waals surface area contributed by atoms with E-state index in [0.29, 0.717) is 6.04 Å². The molecule has 0 spiro atoms.